The van der Waals surface area contributed by atoms with Gasteiger partial charge in [0.15, 0.2) is 0 Å². The molecule has 2 aromatic carbocycles. The maximum atomic E-state index is 9.98. The molecule has 0 atom stereocenters. The van der Waals surface area contributed by atoms with Crippen LogP contribution < -0.4 is 0 Å². The Morgan fingerprint density at radius 3 is 2.00 bits per heavy atom. The van der Waals surface area contributed by atoms with Crippen LogP contribution in [0.4, 0.5) is 0 Å². The molecule has 112 valence electrons. The van der Waals surface area contributed by atoms with Crippen molar-refractivity contribution >= 4 is 0 Å². The molecule has 2 heteroatoms. The van der Waals surface area contributed by atoms with Gasteiger partial charge in [-0.25, -0.2) is 0 Å². The Bertz CT molecular complexity index is 592. The Hall–Kier alpha value is -1.96. The first-order valence-electron chi connectivity index (χ1n) is 7.46. The van der Waals surface area contributed by atoms with Crippen LogP contribution in [0.3, 0.4) is 0 Å². The fourth-order valence-electron chi connectivity index (χ4n) is 2.50. The van der Waals surface area contributed by atoms with Crippen molar-refractivity contribution in [1.29, 1.82) is 0 Å². The van der Waals surface area contributed by atoms with Crippen LogP contribution in [0.2, 0.25) is 0 Å². The van der Waals surface area contributed by atoms with E-state index in [9.17, 15) is 10.2 Å². The van der Waals surface area contributed by atoms with Gasteiger partial charge in [-0.3, -0.25) is 0 Å². The summed E-state index contributed by atoms with van der Waals surface area (Å²) in [4.78, 5) is 0. The van der Waals surface area contributed by atoms with E-state index in [1.165, 1.54) is 11.1 Å². The van der Waals surface area contributed by atoms with E-state index in [0.717, 1.165) is 24.8 Å². The molecule has 0 unspecified atom stereocenters. The van der Waals surface area contributed by atoms with Gasteiger partial charge < -0.3 is 10.2 Å². The second kappa shape index (κ2) is 6.21. The van der Waals surface area contributed by atoms with Crippen molar-refractivity contribution in [3.8, 4) is 11.5 Å². The number of hydrogen-bond acceptors (Lipinski definition) is 2. The van der Waals surface area contributed by atoms with E-state index in [2.05, 4.69) is 26.8 Å². The molecular formula is C19H24O2. The maximum Gasteiger partial charge on any atom is 0.119 e. The fraction of sp³-hybridized carbons (Fsp3) is 0.368. The van der Waals surface area contributed by atoms with Crippen LogP contribution in [-0.2, 0) is 18.3 Å². The summed E-state index contributed by atoms with van der Waals surface area (Å²) in [6.45, 7) is 6.34. The molecule has 0 bridgehead atoms. The molecule has 0 fully saturated rings. The number of phenolic OH excluding ortho intramolecular Hbond substituents is 2. The van der Waals surface area contributed by atoms with E-state index < -0.39 is 0 Å². The third-order valence-electron chi connectivity index (χ3n) is 3.74. The minimum atomic E-state index is -0.0446. The summed E-state index contributed by atoms with van der Waals surface area (Å²) in [5.74, 6) is 0.692. The summed E-state index contributed by atoms with van der Waals surface area (Å²) in [6.07, 6.45) is 3.04. The summed E-state index contributed by atoms with van der Waals surface area (Å²) >= 11 is 0. The second-order valence-corrected chi connectivity index (χ2v) is 6.62. The normalized spacial score (nSPS) is 11.6. The van der Waals surface area contributed by atoms with Crippen LogP contribution in [0.5, 0.6) is 11.5 Å². The zero-order valence-electron chi connectivity index (χ0n) is 13.1. The van der Waals surface area contributed by atoms with Crippen molar-refractivity contribution < 1.29 is 10.2 Å². The molecule has 0 aliphatic heterocycles. The van der Waals surface area contributed by atoms with Crippen molar-refractivity contribution in [2.24, 2.45) is 0 Å². The Kier molecular flexibility index (Phi) is 4.56. The number of aromatic hydroxyl groups is 2. The molecule has 2 rings (SSSR count). The van der Waals surface area contributed by atoms with Gasteiger partial charge in [0, 0.05) is 0 Å². The minimum absolute atomic E-state index is 0.0446. The zero-order chi connectivity index (χ0) is 15.5. The SMILES string of the molecule is CC(C)(C)c1cc(CCCc2ccc(O)cc2)ccc1O. The third kappa shape index (κ3) is 4.25. The van der Waals surface area contributed by atoms with E-state index in [4.69, 9.17) is 0 Å². The van der Waals surface area contributed by atoms with Crippen LogP contribution in [0, 0.1) is 0 Å². The molecule has 0 aliphatic rings. The Morgan fingerprint density at radius 1 is 0.810 bits per heavy atom. The summed E-state index contributed by atoms with van der Waals surface area (Å²) in [5.41, 5.74) is 3.46. The van der Waals surface area contributed by atoms with E-state index in [0.29, 0.717) is 11.5 Å². The number of rotatable bonds is 4. The van der Waals surface area contributed by atoms with Crippen LogP contribution in [-0.4, -0.2) is 10.2 Å². The highest BCUT2D eigenvalue weighted by Gasteiger charge is 2.18. The van der Waals surface area contributed by atoms with Gasteiger partial charge in [0.25, 0.3) is 0 Å². The minimum Gasteiger partial charge on any atom is -0.508 e. The number of benzene rings is 2. The highest BCUT2D eigenvalue weighted by atomic mass is 16.3. The monoisotopic (exact) mass is 284 g/mol. The van der Waals surface area contributed by atoms with Gasteiger partial charge in [-0.15, -0.1) is 0 Å². The predicted octanol–water partition coefficient (Wildman–Crippen LogP) is 4.57. The molecule has 0 radical (unpaired) electrons. The van der Waals surface area contributed by atoms with Gasteiger partial charge >= 0.3 is 0 Å². The molecule has 2 nitrogen and oxygen atoms in total. The average Bonchev–Trinajstić information content (AvgIpc) is 2.41. The zero-order valence-corrected chi connectivity index (χ0v) is 13.1. The maximum absolute atomic E-state index is 9.98. The third-order valence-corrected chi connectivity index (χ3v) is 3.74. The lowest BCUT2D eigenvalue weighted by Crippen LogP contribution is -2.11. The lowest BCUT2D eigenvalue weighted by molar-refractivity contribution is 0.446. The Balaban J connectivity index is 1.99. The summed E-state index contributed by atoms with van der Waals surface area (Å²) in [6, 6.07) is 13.3. The van der Waals surface area contributed by atoms with Crippen LogP contribution in [0.25, 0.3) is 0 Å². The standard InChI is InChI=1S/C19H24O2/c1-19(2,3)17-13-15(9-12-18(17)21)6-4-5-14-7-10-16(20)11-8-14/h7-13,20-21H,4-6H2,1-3H3. The highest BCUT2D eigenvalue weighted by molar-refractivity contribution is 5.40. The van der Waals surface area contributed by atoms with Gasteiger partial charge in [-0.2, -0.15) is 0 Å². The topological polar surface area (TPSA) is 40.5 Å². The quantitative estimate of drug-likeness (QED) is 0.863. The molecule has 0 spiro atoms. The largest absolute Gasteiger partial charge is 0.508 e. The first kappa shape index (κ1) is 15.4. The first-order chi connectivity index (χ1) is 9.86. The summed E-state index contributed by atoms with van der Waals surface area (Å²) in [7, 11) is 0. The predicted molar refractivity (Wildman–Crippen MR) is 86.9 cm³/mol. The number of hydrogen-bond donors (Lipinski definition) is 2. The van der Waals surface area contributed by atoms with Crippen molar-refractivity contribution in [2.75, 3.05) is 0 Å². The molecular weight excluding hydrogens is 260 g/mol. The van der Waals surface area contributed by atoms with E-state index in [1.807, 2.05) is 18.2 Å². The van der Waals surface area contributed by atoms with Crippen molar-refractivity contribution in [2.45, 2.75) is 45.4 Å². The molecule has 0 heterocycles. The molecule has 0 saturated heterocycles. The van der Waals surface area contributed by atoms with E-state index in [-0.39, 0.29) is 5.41 Å². The second-order valence-electron chi connectivity index (χ2n) is 6.62. The van der Waals surface area contributed by atoms with Gasteiger partial charge in [0.05, 0.1) is 0 Å². The molecule has 0 saturated carbocycles. The number of aryl methyl sites for hydroxylation is 2. The smallest absolute Gasteiger partial charge is 0.119 e. The molecule has 2 aromatic rings. The van der Waals surface area contributed by atoms with Crippen molar-refractivity contribution in [1.82, 2.24) is 0 Å². The fourth-order valence-corrected chi connectivity index (χ4v) is 2.50. The molecule has 0 amide bonds. The lowest BCUT2D eigenvalue weighted by Gasteiger charge is -2.21. The molecule has 0 aromatic heterocycles. The van der Waals surface area contributed by atoms with Crippen molar-refractivity contribution in [3.05, 3.63) is 59.2 Å². The van der Waals surface area contributed by atoms with E-state index in [1.54, 1.807) is 18.2 Å². The van der Waals surface area contributed by atoms with E-state index >= 15 is 0 Å². The van der Waals surface area contributed by atoms with Crippen LogP contribution in [0.15, 0.2) is 42.5 Å². The Labute approximate surface area is 127 Å². The first-order valence-corrected chi connectivity index (χ1v) is 7.46. The molecule has 21 heavy (non-hydrogen) atoms. The average molecular weight is 284 g/mol. The lowest BCUT2D eigenvalue weighted by atomic mass is 9.85. The van der Waals surface area contributed by atoms with Gasteiger partial charge in [-0.05, 0) is 59.6 Å². The molecule has 2 N–H and O–H groups in total. The van der Waals surface area contributed by atoms with Crippen LogP contribution >= 0.6 is 0 Å². The van der Waals surface area contributed by atoms with Gasteiger partial charge in [0.1, 0.15) is 11.5 Å². The van der Waals surface area contributed by atoms with Crippen LogP contribution in [0.1, 0.15) is 43.9 Å². The summed E-state index contributed by atoms with van der Waals surface area (Å²) < 4.78 is 0. The molecule has 0 aliphatic carbocycles. The van der Waals surface area contributed by atoms with Gasteiger partial charge in [0.2, 0.25) is 0 Å². The van der Waals surface area contributed by atoms with Gasteiger partial charge in [-0.1, -0.05) is 45.0 Å². The summed E-state index contributed by atoms with van der Waals surface area (Å²) in [5, 5.41) is 19.2. The van der Waals surface area contributed by atoms with Crippen molar-refractivity contribution in [3.63, 3.8) is 0 Å². The highest BCUT2D eigenvalue weighted by Crippen LogP contribution is 2.31. The Morgan fingerprint density at radius 2 is 1.38 bits per heavy atom. The number of phenols is 2.